The van der Waals surface area contributed by atoms with Crippen LogP contribution in [-0.4, -0.2) is 24.6 Å². The first-order valence-corrected chi connectivity index (χ1v) is 8.49. The molecule has 0 spiro atoms. The zero-order valence-electron chi connectivity index (χ0n) is 14.3. The number of halogens is 1. The standard InChI is InChI=1S/C19H23FN4O/c1-21-19(23-10-14-4-7-17(20)8-5-14)24-12-16-6-9-18(22-11-16)25-13-15-2-3-15/h4-9,11,15H,2-3,10,12-13H2,1H3,(H2,21,23,24). The molecule has 0 atom stereocenters. The van der Waals surface area contributed by atoms with Crippen LogP contribution in [0.4, 0.5) is 4.39 Å². The average molecular weight is 342 g/mol. The zero-order chi connectivity index (χ0) is 17.5. The molecule has 2 aromatic rings. The fourth-order valence-corrected chi connectivity index (χ4v) is 2.28. The topological polar surface area (TPSA) is 58.5 Å². The van der Waals surface area contributed by atoms with Crippen molar-refractivity contribution in [3.05, 3.63) is 59.5 Å². The van der Waals surface area contributed by atoms with E-state index in [2.05, 4.69) is 20.6 Å². The van der Waals surface area contributed by atoms with Crippen LogP contribution in [0.15, 0.2) is 47.6 Å². The Morgan fingerprint density at radius 1 is 1.12 bits per heavy atom. The third-order valence-electron chi connectivity index (χ3n) is 4.02. The summed E-state index contributed by atoms with van der Waals surface area (Å²) in [6.45, 7) is 1.95. The number of hydrogen-bond acceptors (Lipinski definition) is 3. The lowest BCUT2D eigenvalue weighted by atomic mass is 10.2. The number of guanidine groups is 1. The van der Waals surface area contributed by atoms with Crippen molar-refractivity contribution in [1.82, 2.24) is 15.6 Å². The predicted octanol–water partition coefficient (Wildman–Crippen LogP) is 2.87. The molecule has 1 aliphatic carbocycles. The van der Waals surface area contributed by atoms with Crippen molar-refractivity contribution >= 4 is 5.96 Å². The molecule has 6 heteroatoms. The Kier molecular flexibility index (Phi) is 5.82. The van der Waals surface area contributed by atoms with Gasteiger partial charge in [-0.2, -0.15) is 0 Å². The summed E-state index contributed by atoms with van der Waals surface area (Å²) < 4.78 is 18.5. The van der Waals surface area contributed by atoms with E-state index in [1.165, 1.54) is 25.0 Å². The molecule has 1 aromatic carbocycles. The van der Waals surface area contributed by atoms with Crippen LogP contribution >= 0.6 is 0 Å². The molecule has 1 heterocycles. The van der Waals surface area contributed by atoms with Gasteiger partial charge in [-0.3, -0.25) is 4.99 Å². The number of pyridine rings is 1. The molecule has 0 saturated heterocycles. The van der Waals surface area contributed by atoms with Gasteiger partial charge in [0, 0.05) is 32.4 Å². The van der Waals surface area contributed by atoms with Gasteiger partial charge in [0.05, 0.1) is 6.61 Å². The fourth-order valence-electron chi connectivity index (χ4n) is 2.28. The smallest absolute Gasteiger partial charge is 0.213 e. The molecule has 0 radical (unpaired) electrons. The van der Waals surface area contributed by atoms with Gasteiger partial charge in [-0.25, -0.2) is 9.37 Å². The van der Waals surface area contributed by atoms with Crippen molar-refractivity contribution in [3.63, 3.8) is 0 Å². The number of benzene rings is 1. The quantitative estimate of drug-likeness (QED) is 0.600. The molecule has 0 unspecified atom stereocenters. The number of nitrogens with zero attached hydrogens (tertiary/aromatic N) is 2. The summed E-state index contributed by atoms with van der Waals surface area (Å²) in [6.07, 6.45) is 4.35. The minimum atomic E-state index is -0.233. The summed E-state index contributed by atoms with van der Waals surface area (Å²) >= 11 is 0. The minimum absolute atomic E-state index is 0.233. The highest BCUT2D eigenvalue weighted by molar-refractivity contribution is 5.79. The van der Waals surface area contributed by atoms with Crippen LogP contribution in [0.25, 0.3) is 0 Å². The van der Waals surface area contributed by atoms with Crippen molar-refractivity contribution < 1.29 is 9.13 Å². The Balaban J connectivity index is 1.43. The van der Waals surface area contributed by atoms with Crippen molar-refractivity contribution in [2.45, 2.75) is 25.9 Å². The lowest BCUT2D eigenvalue weighted by Crippen LogP contribution is -2.36. The first-order valence-electron chi connectivity index (χ1n) is 8.49. The van der Waals surface area contributed by atoms with Gasteiger partial charge in [0.1, 0.15) is 5.82 Å². The van der Waals surface area contributed by atoms with Gasteiger partial charge in [-0.1, -0.05) is 18.2 Å². The molecule has 1 aliphatic rings. The number of aliphatic imine (C=N–C) groups is 1. The minimum Gasteiger partial charge on any atom is -0.477 e. The monoisotopic (exact) mass is 342 g/mol. The predicted molar refractivity (Wildman–Crippen MR) is 95.9 cm³/mol. The maximum absolute atomic E-state index is 12.9. The van der Waals surface area contributed by atoms with E-state index in [0.717, 1.165) is 23.7 Å². The van der Waals surface area contributed by atoms with Gasteiger partial charge < -0.3 is 15.4 Å². The summed E-state index contributed by atoms with van der Waals surface area (Å²) in [6, 6.07) is 10.3. The highest BCUT2D eigenvalue weighted by Gasteiger charge is 2.21. The van der Waals surface area contributed by atoms with Gasteiger partial charge in [0.15, 0.2) is 5.96 Å². The second-order valence-corrected chi connectivity index (χ2v) is 6.16. The average Bonchev–Trinajstić information content (AvgIpc) is 3.47. The summed E-state index contributed by atoms with van der Waals surface area (Å²) in [4.78, 5) is 8.51. The van der Waals surface area contributed by atoms with Crippen LogP contribution in [0.2, 0.25) is 0 Å². The summed E-state index contributed by atoms with van der Waals surface area (Å²) in [7, 11) is 1.72. The molecule has 1 fully saturated rings. The zero-order valence-corrected chi connectivity index (χ0v) is 14.3. The van der Waals surface area contributed by atoms with E-state index in [0.29, 0.717) is 24.9 Å². The second-order valence-electron chi connectivity index (χ2n) is 6.16. The Hall–Kier alpha value is -2.63. The van der Waals surface area contributed by atoms with E-state index >= 15 is 0 Å². The summed E-state index contributed by atoms with van der Waals surface area (Å²) in [5.74, 6) is 1.84. The number of rotatable bonds is 7. The van der Waals surface area contributed by atoms with Gasteiger partial charge >= 0.3 is 0 Å². The third kappa shape index (κ3) is 5.74. The maximum Gasteiger partial charge on any atom is 0.213 e. The molecule has 0 amide bonds. The number of hydrogen-bond donors (Lipinski definition) is 2. The van der Waals surface area contributed by atoms with Gasteiger partial charge in [0.2, 0.25) is 5.88 Å². The van der Waals surface area contributed by atoms with Crippen molar-refractivity contribution in [1.29, 1.82) is 0 Å². The molecule has 132 valence electrons. The molecule has 0 aliphatic heterocycles. The second kappa shape index (κ2) is 8.46. The largest absolute Gasteiger partial charge is 0.477 e. The van der Waals surface area contributed by atoms with Crippen LogP contribution in [0, 0.1) is 11.7 Å². The first-order chi connectivity index (χ1) is 12.2. The van der Waals surface area contributed by atoms with Gasteiger partial charge in [-0.15, -0.1) is 0 Å². The molecule has 1 saturated carbocycles. The van der Waals surface area contributed by atoms with E-state index in [9.17, 15) is 4.39 Å². The molecule has 1 aromatic heterocycles. The fraction of sp³-hybridized carbons (Fsp3) is 0.368. The van der Waals surface area contributed by atoms with Crippen LogP contribution in [0.1, 0.15) is 24.0 Å². The molecule has 2 N–H and O–H groups in total. The molecule has 3 rings (SSSR count). The molecule has 25 heavy (non-hydrogen) atoms. The van der Waals surface area contributed by atoms with E-state index in [1.54, 1.807) is 19.2 Å². The SMILES string of the molecule is CN=C(NCc1ccc(F)cc1)NCc1ccc(OCC2CC2)nc1. The lowest BCUT2D eigenvalue weighted by molar-refractivity contribution is 0.288. The number of aromatic nitrogens is 1. The van der Waals surface area contributed by atoms with Gasteiger partial charge in [0.25, 0.3) is 0 Å². The first kappa shape index (κ1) is 17.2. The molecule has 5 nitrogen and oxygen atoms in total. The van der Waals surface area contributed by atoms with Crippen LogP contribution in [-0.2, 0) is 13.1 Å². The Bertz CT molecular complexity index is 696. The molecule has 0 bridgehead atoms. The van der Waals surface area contributed by atoms with Crippen molar-refractivity contribution in [2.24, 2.45) is 10.9 Å². The van der Waals surface area contributed by atoms with E-state index in [1.807, 2.05) is 18.3 Å². The van der Waals surface area contributed by atoms with E-state index < -0.39 is 0 Å². The number of ether oxygens (including phenoxy) is 1. The van der Waals surface area contributed by atoms with Crippen LogP contribution in [0.3, 0.4) is 0 Å². The lowest BCUT2D eigenvalue weighted by Gasteiger charge is -2.12. The highest BCUT2D eigenvalue weighted by Crippen LogP contribution is 2.29. The molecular formula is C19H23FN4O. The normalized spacial score (nSPS) is 14.2. The van der Waals surface area contributed by atoms with E-state index in [4.69, 9.17) is 4.74 Å². The van der Waals surface area contributed by atoms with Crippen molar-refractivity contribution in [2.75, 3.05) is 13.7 Å². The van der Waals surface area contributed by atoms with Crippen molar-refractivity contribution in [3.8, 4) is 5.88 Å². The number of nitrogens with one attached hydrogen (secondary N) is 2. The Morgan fingerprint density at radius 2 is 1.80 bits per heavy atom. The van der Waals surface area contributed by atoms with Crippen LogP contribution in [0.5, 0.6) is 5.88 Å². The van der Waals surface area contributed by atoms with Gasteiger partial charge in [-0.05, 0) is 42.0 Å². The van der Waals surface area contributed by atoms with E-state index in [-0.39, 0.29) is 5.82 Å². The molecular weight excluding hydrogens is 319 g/mol. The summed E-state index contributed by atoms with van der Waals surface area (Å²) in [5, 5.41) is 6.43. The Labute approximate surface area is 147 Å². The highest BCUT2D eigenvalue weighted by atomic mass is 19.1. The Morgan fingerprint density at radius 3 is 2.40 bits per heavy atom. The maximum atomic E-state index is 12.9. The van der Waals surface area contributed by atoms with Crippen LogP contribution < -0.4 is 15.4 Å². The third-order valence-corrected chi connectivity index (χ3v) is 4.02. The summed E-state index contributed by atoms with van der Waals surface area (Å²) in [5.41, 5.74) is 2.03.